The second-order valence-electron chi connectivity index (χ2n) is 3.03. The molecule has 78 valence electrons. The SMILES string of the molecule is Cc1cc(F)c(C#CCC(N)=O)cc1Cl. The molecule has 1 amide bonds. The highest BCUT2D eigenvalue weighted by atomic mass is 35.5. The van der Waals surface area contributed by atoms with Crippen molar-refractivity contribution in [2.75, 3.05) is 0 Å². The van der Waals surface area contributed by atoms with Crippen molar-refractivity contribution in [3.8, 4) is 11.8 Å². The molecule has 0 atom stereocenters. The normalized spacial score (nSPS) is 9.27. The molecule has 0 aliphatic heterocycles. The average molecular weight is 226 g/mol. The van der Waals surface area contributed by atoms with E-state index in [4.69, 9.17) is 17.3 Å². The predicted molar refractivity (Wildman–Crippen MR) is 56.8 cm³/mol. The number of rotatable bonds is 1. The Morgan fingerprint density at radius 2 is 2.27 bits per heavy atom. The molecule has 0 fully saturated rings. The second kappa shape index (κ2) is 4.81. The standard InChI is InChI=1S/C11H9ClFNO/c1-7-5-10(13)8(6-9(7)12)3-2-4-11(14)15/h5-6H,4H2,1H3,(H2,14,15). The van der Waals surface area contributed by atoms with E-state index in [0.29, 0.717) is 10.6 Å². The van der Waals surface area contributed by atoms with Crippen molar-refractivity contribution in [3.63, 3.8) is 0 Å². The van der Waals surface area contributed by atoms with Gasteiger partial charge in [-0.3, -0.25) is 4.79 Å². The largest absolute Gasteiger partial charge is 0.369 e. The van der Waals surface area contributed by atoms with Gasteiger partial charge in [0.2, 0.25) is 5.91 Å². The fourth-order valence-electron chi connectivity index (χ4n) is 0.969. The number of aryl methyl sites for hydroxylation is 1. The van der Waals surface area contributed by atoms with Crippen LogP contribution in [0, 0.1) is 24.6 Å². The summed E-state index contributed by atoms with van der Waals surface area (Å²) >= 11 is 5.80. The van der Waals surface area contributed by atoms with E-state index in [-0.39, 0.29) is 12.0 Å². The van der Waals surface area contributed by atoms with Gasteiger partial charge < -0.3 is 5.73 Å². The fraction of sp³-hybridized carbons (Fsp3) is 0.182. The first kappa shape index (κ1) is 11.5. The molecule has 15 heavy (non-hydrogen) atoms. The summed E-state index contributed by atoms with van der Waals surface area (Å²) in [7, 11) is 0. The van der Waals surface area contributed by atoms with Crippen molar-refractivity contribution in [1.82, 2.24) is 0 Å². The summed E-state index contributed by atoms with van der Waals surface area (Å²) in [4.78, 5) is 10.4. The summed E-state index contributed by atoms with van der Waals surface area (Å²) in [6, 6.07) is 2.73. The molecule has 0 radical (unpaired) electrons. The van der Waals surface area contributed by atoms with Crippen molar-refractivity contribution in [2.24, 2.45) is 5.73 Å². The minimum Gasteiger partial charge on any atom is -0.369 e. The average Bonchev–Trinajstić information content (AvgIpc) is 2.13. The van der Waals surface area contributed by atoms with E-state index < -0.39 is 11.7 Å². The number of primary amides is 1. The second-order valence-corrected chi connectivity index (χ2v) is 3.43. The maximum absolute atomic E-state index is 13.3. The molecule has 4 heteroatoms. The zero-order valence-electron chi connectivity index (χ0n) is 8.10. The number of nitrogens with two attached hydrogens (primary N) is 1. The van der Waals surface area contributed by atoms with Gasteiger partial charge in [-0.2, -0.15) is 0 Å². The van der Waals surface area contributed by atoms with Crippen molar-refractivity contribution in [1.29, 1.82) is 0 Å². The molecule has 1 rings (SSSR count). The molecule has 0 spiro atoms. The molecule has 0 aliphatic rings. The van der Waals surface area contributed by atoms with E-state index in [9.17, 15) is 9.18 Å². The Labute approximate surface area is 92.2 Å². The Morgan fingerprint density at radius 3 is 2.87 bits per heavy atom. The van der Waals surface area contributed by atoms with Crippen LogP contribution in [-0.4, -0.2) is 5.91 Å². The quantitative estimate of drug-likeness (QED) is 0.730. The molecule has 1 aromatic rings. The topological polar surface area (TPSA) is 43.1 Å². The van der Waals surface area contributed by atoms with Crippen molar-refractivity contribution >= 4 is 17.5 Å². The van der Waals surface area contributed by atoms with Crippen LogP contribution in [0.3, 0.4) is 0 Å². The summed E-state index contributed by atoms with van der Waals surface area (Å²) in [5, 5.41) is 0.444. The van der Waals surface area contributed by atoms with Crippen LogP contribution in [-0.2, 0) is 4.79 Å². The molecule has 1 aromatic carbocycles. The highest BCUT2D eigenvalue weighted by molar-refractivity contribution is 6.31. The Balaban J connectivity index is 2.98. The molecular formula is C11H9ClFNO. The summed E-state index contributed by atoms with van der Waals surface area (Å²) in [6.45, 7) is 1.70. The molecule has 0 saturated heterocycles. The van der Waals surface area contributed by atoms with Gasteiger partial charge in [0.25, 0.3) is 0 Å². The molecule has 0 heterocycles. The van der Waals surface area contributed by atoms with Gasteiger partial charge in [-0.15, -0.1) is 0 Å². The molecule has 0 aliphatic carbocycles. The van der Waals surface area contributed by atoms with Crippen molar-refractivity contribution in [3.05, 3.63) is 34.1 Å². The van der Waals surface area contributed by atoms with E-state index in [1.165, 1.54) is 12.1 Å². The van der Waals surface area contributed by atoms with Gasteiger partial charge in [0.1, 0.15) is 5.82 Å². The number of hydrogen-bond donors (Lipinski definition) is 1. The third kappa shape index (κ3) is 3.26. The van der Waals surface area contributed by atoms with Gasteiger partial charge in [0.15, 0.2) is 0 Å². The molecule has 0 unspecified atom stereocenters. The molecule has 2 nitrogen and oxygen atoms in total. The third-order valence-electron chi connectivity index (χ3n) is 1.73. The molecule has 0 bridgehead atoms. The third-order valence-corrected chi connectivity index (χ3v) is 2.14. The number of amides is 1. The number of carbonyl (C=O) groups excluding carboxylic acids is 1. The highest BCUT2D eigenvalue weighted by Gasteiger charge is 2.03. The summed E-state index contributed by atoms with van der Waals surface area (Å²) in [6.07, 6.45) is -0.0923. The maximum atomic E-state index is 13.3. The van der Waals surface area contributed by atoms with Crippen LogP contribution in [0.1, 0.15) is 17.5 Å². The van der Waals surface area contributed by atoms with Gasteiger partial charge >= 0.3 is 0 Å². The van der Waals surface area contributed by atoms with E-state index >= 15 is 0 Å². The first-order valence-electron chi connectivity index (χ1n) is 4.23. The Hall–Kier alpha value is -1.53. The summed E-state index contributed by atoms with van der Waals surface area (Å²) in [5.74, 6) is 3.98. The van der Waals surface area contributed by atoms with Crippen LogP contribution in [0.15, 0.2) is 12.1 Å². The van der Waals surface area contributed by atoms with Gasteiger partial charge in [0.05, 0.1) is 12.0 Å². The van der Waals surface area contributed by atoms with Crippen LogP contribution in [0.25, 0.3) is 0 Å². The van der Waals surface area contributed by atoms with Crippen molar-refractivity contribution in [2.45, 2.75) is 13.3 Å². The highest BCUT2D eigenvalue weighted by Crippen LogP contribution is 2.19. The lowest BCUT2D eigenvalue weighted by Gasteiger charge is -1.99. The van der Waals surface area contributed by atoms with Gasteiger partial charge in [-0.05, 0) is 24.6 Å². The number of carbonyl (C=O) groups is 1. The zero-order valence-corrected chi connectivity index (χ0v) is 8.86. The summed E-state index contributed by atoms with van der Waals surface area (Å²) < 4.78 is 13.3. The predicted octanol–water partition coefficient (Wildman–Crippen LogP) is 2.01. The van der Waals surface area contributed by atoms with Crippen LogP contribution in [0.5, 0.6) is 0 Å². The minimum atomic E-state index is -0.541. The first-order valence-corrected chi connectivity index (χ1v) is 4.61. The maximum Gasteiger partial charge on any atom is 0.229 e. The summed E-state index contributed by atoms with van der Waals surface area (Å²) in [5.41, 5.74) is 5.71. The number of benzene rings is 1. The smallest absolute Gasteiger partial charge is 0.229 e. The van der Waals surface area contributed by atoms with Gasteiger partial charge in [0, 0.05) is 5.02 Å². The lowest BCUT2D eigenvalue weighted by atomic mass is 10.1. The van der Waals surface area contributed by atoms with Gasteiger partial charge in [-0.25, -0.2) is 4.39 Å². The van der Waals surface area contributed by atoms with Crippen LogP contribution < -0.4 is 5.73 Å². The zero-order chi connectivity index (χ0) is 11.4. The van der Waals surface area contributed by atoms with Crippen LogP contribution >= 0.6 is 11.6 Å². The molecule has 2 N–H and O–H groups in total. The monoisotopic (exact) mass is 225 g/mol. The van der Waals surface area contributed by atoms with E-state index in [0.717, 1.165) is 0 Å². The molecule has 0 aromatic heterocycles. The Morgan fingerprint density at radius 1 is 1.60 bits per heavy atom. The molecular weight excluding hydrogens is 217 g/mol. The van der Waals surface area contributed by atoms with Crippen molar-refractivity contribution < 1.29 is 9.18 Å². The first-order chi connectivity index (χ1) is 7.00. The van der Waals surface area contributed by atoms with Gasteiger partial charge in [-0.1, -0.05) is 23.4 Å². The lowest BCUT2D eigenvalue weighted by molar-refractivity contribution is -0.117. The van der Waals surface area contributed by atoms with Crippen LogP contribution in [0.4, 0.5) is 4.39 Å². The Bertz CT molecular complexity index is 460. The fourth-order valence-corrected chi connectivity index (χ4v) is 1.13. The van der Waals surface area contributed by atoms with E-state index in [2.05, 4.69) is 11.8 Å². The minimum absolute atomic E-state index is 0.0923. The van der Waals surface area contributed by atoms with E-state index in [1.54, 1.807) is 6.92 Å². The Kier molecular flexibility index (Phi) is 3.70. The van der Waals surface area contributed by atoms with E-state index in [1.807, 2.05) is 0 Å². The van der Waals surface area contributed by atoms with Crippen LogP contribution in [0.2, 0.25) is 5.02 Å². The number of halogens is 2. The molecule has 0 saturated carbocycles. The number of hydrogen-bond acceptors (Lipinski definition) is 1. The lowest BCUT2D eigenvalue weighted by Crippen LogP contribution is -2.08.